The third-order valence-electron chi connectivity index (χ3n) is 4.14. The topological polar surface area (TPSA) is 50.3 Å². The Kier molecular flexibility index (Phi) is 4.65. The Morgan fingerprint density at radius 3 is 2.70 bits per heavy atom. The molecule has 1 fully saturated rings. The molecular formula is C18H24N4O. The summed E-state index contributed by atoms with van der Waals surface area (Å²) in [6, 6.07) is 9.81. The summed E-state index contributed by atoms with van der Waals surface area (Å²) in [7, 11) is 1.67. The molecule has 0 saturated carbocycles. The number of ether oxygens (including phenoxy) is 1. The van der Waals surface area contributed by atoms with E-state index in [1.54, 1.807) is 7.11 Å². The maximum Gasteiger partial charge on any atom is 0.227 e. The van der Waals surface area contributed by atoms with Gasteiger partial charge in [-0.25, -0.2) is 4.98 Å². The van der Waals surface area contributed by atoms with Crippen molar-refractivity contribution < 1.29 is 4.74 Å². The first-order valence-corrected chi connectivity index (χ1v) is 8.16. The van der Waals surface area contributed by atoms with Crippen LogP contribution < -0.4 is 15.0 Å². The molecule has 1 aliphatic heterocycles. The van der Waals surface area contributed by atoms with Gasteiger partial charge >= 0.3 is 0 Å². The van der Waals surface area contributed by atoms with E-state index in [1.165, 1.54) is 12.8 Å². The molecule has 1 aromatic carbocycles. The van der Waals surface area contributed by atoms with Crippen molar-refractivity contribution in [2.24, 2.45) is 5.92 Å². The Labute approximate surface area is 137 Å². The number of nitrogens with zero attached hydrogens (tertiary/aromatic N) is 3. The highest BCUT2D eigenvalue weighted by Crippen LogP contribution is 2.24. The van der Waals surface area contributed by atoms with Crippen LogP contribution in [0.1, 0.15) is 25.5 Å². The van der Waals surface area contributed by atoms with Gasteiger partial charge in [-0.05, 0) is 49.9 Å². The summed E-state index contributed by atoms with van der Waals surface area (Å²) in [6.45, 7) is 6.37. The fraction of sp³-hybridized carbons (Fsp3) is 0.444. The second-order valence-corrected chi connectivity index (χ2v) is 6.24. The Balaban J connectivity index is 1.79. The Morgan fingerprint density at radius 1 is 1.22 bits per heavy atom. The largest absolute Gasteiger partial charge is 0.497 e. The summed E-state index contributed by atoms with van der Waals surface area (Å²) in [5, 5.41) is 3.35. The van der Waals surface area contributed by atoms with Crippen molar-refractivity contribution in [3.8, 4) is 5.75 Å². The quantitative estimate of drug-likeness (QED) is 0.931. The van der Waals surface area contributed by atoms with Gasteiger partial charge in [-0.2, -0.15) is 4.98 Å². The SMILES string of the molecule is COc1ccc(Nc2cc(C)nc(N3CCCC(C)C3)n2)cc1. The Bertz CT molecular complexity index is 657. The molecule has 5 heteroatoms. The van der Waals surface area contributed by atoms with Gasteiger partial charge in [-0.1, -0.05) is 6.92 Å². The number of methoxy groups -OCH3 is 1. The van der Waals surface area contributed by atoms with E-state index in [-0.39, 0.29) is 0 Å². The normalized spacial score (nSPS) is 17.9. The van der Waals surface area contributed by atoms with E-state index in [0.717, 1.165) is 42.0 Å². The highest BCUT2D eigenvalue weighted by Gasteiger charge is 2.19. The van der Waals surface area contributed by atoms with E-state index in [0.29, 0.717) is 5.92 Å². The van der Waals surface area contributed by atoms with E-state index < -0.39 is 0 Å². The fourth-order valence-electron chi connectivity index (χ4n) is 2.95. The number of hydrogen-bond acceptors (Lipinski definition) is 5. The van der Waals surface area contributed by atoms with Crippen LogP contribution in [-0.2, 0) is 0 Å². The maximum atomic E-state index is 5.19. The molecule has 1 aliphatic rings. The van der Waals surface area contributed by atoms with E-state index in [2.05, 4.69) is 22.1 Å². The molecule has 0 aliphatic carbocycles. The van der Waals surface area contributed by atoms with Gasteiger partial charge in [0.05, 0.1) is 7.11 Å². The molecule has 1 atom stereocenters. The first kappa shape index (κ1) is 15.6. The van der Waals surface area contributed by atoms with Gasteiger partial charge in [-0.3, -0.25) is 0 Å². The molecule has 2 aromatic rings. The molecule has 1 aromatic heterocycles. The van der Waals surface area contributed by atoms with Crippen LogP contribution in [0.3, 0.4) is 0 Å². The first-order chi connectivity index (χ1) is 11.1. The van der Waals surface area contributed by atoms with Crippen molar-refractivity contribution in [1.29, 1.82) is 0 Å². The molecule has 23 heavy (non-hydrogen) atoms. The van der Waals surface area contributed by atoms with Crippen molar-refractivity contribution in [3.63, 3.8) is 0 Å². The lowest BCUT2D eigenvalue weighted by Crippen LogP contribution is -2.35. The molecule has 5 nitrogen and oxygen atoms in total. The first-order valence-electron chi connectivity index (χ1n) is 8.16. The second-order valence-electron chi connectivity index (χ2n) is 6.24. The monoisotopic (exact) mass is 312 g/mol. The number of aromatic nitrogens is 2. The third kappa shape index (κ3) is 3.92. The van der Waals surface area contributed by atoms with Gasteiger partial charge in [0.15, 0.2) is 0 Å². The van der Waals surface area contributed by atoms with Gasteiger partial charge < -0.3 is 15.0 Å². The number of rotatable bonds is 4. The number of hydrogen-bond donors (Lipinski definition) is 1. The van der Waals surface area contributed by atoms with E-state index >= 15 is 0 Å². The van der Waals surface area contributed by atoms with Crippen LogP contribution in [-0.4, -0.2) is 30.2 Å². The van der Waals surface area contributed by atoms with Crippen molar-refractivity contribution >= 4 is 17.5 Å². The predicted octanol–water partition coefficient (Wildman–Crippen LogP) is 3.77. The van der Waals surface area contributed by atoms with Gasteiger partial charge in [0, 0.05) is 30.5 Å². The van der Waals surface area contributed by atoms with E-state index in [1.807, 2.05) is 37.3 Å². The number of benzene rings is 1. The van der Waals surface area contributed by atoms with Crippen molar-refractivity contribution in [3.05, 3.63) is 36.0 Å². The lowest BCUT2D eigenvalue weighted by Gasteiger charge is -2.31. The molecule has 0 bridgehead atoms. The standard InChI is InChI=1S/C18H24N4O/c1-13-5-4-10-22(12-13)18-19-14(2)11-17(21-18)20-15-6-8-16(23-3)9-7-15/h6-9,11,13H,4-5,10,12H2,1-3H3,(H,19,20,21). The molecule has 1 N–H and O–H groups in total. The number of nitrogens with one attached hydrogen (secondary N) is 1. The minimum atomic E-state index is 0.700. The highest BCUT2D eigenvalue weighted by atomic mass is 16.5. The smallest absolute Gasteiger partial charge is 0.227 e. The average molecular weight is 312 g/mol. The maximum absolute atomic E-state index is 5.19. The van der Waals surface area contributed by atoms with Gasteiger partial charge in [-0.15, -0.1) is 0 Å². The van der Waals surface area contributed by atoms with E-state index in [4.69, 9.17) is 9.72 Å². The minimum absolute atomic E-state index is 0.700. The zero-order valence-corrected chi connectivity index (χ0v) is 14.0. The summed E-state index contributed by atoms with van der Waals surface area (Å²) in [6.07, 6.45) is 2.50. The van der Waals surface area contributed by atoms with Crippen LogP contribution in [0.4, 0.5) is 17.5 Å². The second kappa shape index (κ2) is 6.86. The molecule has 0 amide bonds. The van der Waals surface area contributed by atoms with Crippen molar-refractivity contribution in [2.75, 3.05) is 30.4 Å². The molecule has 1 saturated heterocycles. The minimum Gasteiger partial charge on any atom is -0.497 e. The fourth-order valence-corrected chi connectivity index (χ4v) is 2.95. The number of piperidine rings is 1. The molecule has 3 rings (SSSR count). The van der Waals surface area contributed by atoms with E-state index in [9.17, 15) is 0 Å². The molecule has 0 spiro atoms. The van der Waals surface area contributed by atoms with Crippen LogP contribution >= 0.6 is 0 Å². The molecule has 0 radical (unpaired) electrons. The van der Waals surface area contributed by atoms with Crippen LogP contribution in [0.15, 0.2) is 30.3 Å². The lowest BCUT2D eigenvalue weighted by molar-refractivity contribution is 0.415. The Hall–Kier alpha value is -2.30. The predicted molar refractivity (Wildman–Crippen MR) is 93.7 cm³/mol. The zero-order chi connectivity index (χ0) is 16.2. The van der Waals surface area contributed by atoms with Crippen molar-refractivity contribution in [1.82, 2.24) is 9.97 Å². The third-order valence-corrected chi connectivity index (χ3v) is 4.14. The van der Waals surface area contributed by atoms with Crippen LogP contribution in [0.5, 0.6) is 5.75 Å². The molecule has 1 unspecified atom stereocenters. The molecule has 2 heterocycles. The molecular weight excluding hydrogens is 288 g/mol. The van der Waals surface area contributed by atoms with Gasteiger partial charge in [0.2, 0.25) is 5.95 Å². The van der Waals surface area contributed by atoms with Crippen molar-refractivity contribution in [2.45, 2.75) is 26.7 Å². The average Bonchev–Trinajstić information content (AvgIpc) is 2.55. The van der Waals surface area contributed by atoms with Gasteiger partial charge in [0.1, 0.15) is 11.6 Å². The Morgan fingerprint density at radius 2 is 2.00 bits per heavy atom. The number of anilines is 3. The van der Waals surface area contributed by atoms with Crippen LogP contribution in [0.25, 0.3) is 0 Å². The van der Waals surface area contributed by atoms with Crippen LogP contribution in [0.2, 0.25) is 0 Å². The van der Waals surface area contributed by atoms with Gasteiger partial charge in [0.25, 0.3) is 0 Å². The highest BCUT2D eigenvalue weighted by molar-refractivity contribution is 5.58. The summed E-state index contributed by atoms with van der Waals surface area (Å²) < 4.78 is 5.19. The number of aryl methyl sites for hydroxylation is 1. The lowest BCUT2D eigenvalue weighted by atomic mass is 10.0. The summed E-state index contributed by atoms with van der Waals surface area (Å²) in [4.78, 5) is 11.6. The summed E-state index contributed by atoms with van der Waals surface area (Å²) in [5.74, 6) is 3.20. The zero-order valence-electron chi connectivity index (χ0n) is 14.0. The summed E-state index contributed by atoms with van der Waals surface area (Å²) >= 11 is 0. The molecule has 122 valence electrons. The summed E-state index contributed by atoms with van der Waals surface area (Å²) in [5.41, 5.74) is 1.96. The van der Waals surface area contributed by atoms with Crippen LogP contribution in [0, 0.1) is 12.8 Å².